The smallest absolute Gasteiger partial charge is 0.207 e. The minimum Gasteiger partial charge on any atom is -0.383 e. The lowest BCUT2D eigenvalue weighted by molar-refractivity contribution is 0.188. The number of anilines is 2. The number of benzene rings is 1. The number of aromatic nitrogens is 2. The van der Waals surface area contributed by atoms with Crippen LogP contribution in [-0.2, 0) is 17.7 Å². The molecule has 0 radical (unpaired) electrons. The number of rotatable bonds is 7. The zero-order valence-electron chi connectivity index (χ0n) is 12.5. The Balaban J connectivity index is 2.08. The van der Waals surface area contributed by atoms with E-state index in [0.29, 0.717) is 6.61 Å². The fraction of sp³-hybridized carbons (Fsp3) is 0.438. The quantitative estimate of drug-likeness (QED) is 0.838. The number of aryl methyl sites for hydroxylation is 2. The Morgan fingerprint density at radius 3 is 2.65 bits per heavy atom. The summed E-state index contributed by atoms with van der Waals surface area (Å²) in [6.07, 6.45) is 4.34. The van der Waals surface area contributed by atoms with Crippen LogP contribution in [0.3, 0.4) is 0 Å². The van der Waals surface area contributed by atoms with Gasteiger partial charge in [-0.25, -0.2) is 4.98 Å². The van der Waals surface area contributed by atoms with Gasteiger partial charge in [0.1, 0.15) is 0 Å². The van der Waals surface area contributed by atoms with Crippen molar-refractivity contribution < 1.29 is 4.74 Å². The van der Waals surface area contributed by atoms with Gasteiger partial charge in [0.25, 0.3) is 0 Å². The predicted molar refractivity (Wildman–Crippen MR) is 82.6 cm³/mol. The number of imidazole rings is 1. The van der Waals surface area contributed by atoms with E-state index in [1.54, 1.807) is 7.11 Å². The van der Waals surface area contributed by atoms with Crippen molar-refractivity contribution in [1.82, 2.24) is 9.55 Å². The number of hydrogen-bond acceptors (Lipinski definition) is 3. The van der Waals surface area contributed by atoms with Gasteiger partial charge in [0, 0.05) is 25.5 Å². The van der Waals surface area contributed by atoms with E-state index in [1.165, 1.54) is 12.0 Å². The molecule has 4 nitrogen and oxygen atoms in total. The van der Waals surface area contributed by atoms with Gasteiger partial charge >= 0.3 is 0 Å². The lowest BCUT2D eigenvalue weighted by Gasteiger charge is -2.09. The first-order valence-corrected chi connectivity index (χ1v) is 7.11. The Kier molecular flexibility index (Phi) is 5.18. The van der Waals surface area contributed by atoms with Crippen molar-refractivity contribution in [2.24, 2.45) is 0 Å². The van der Waals surface area contributed by atoms with E-state index in [1.807, 2.05) is 13.1 Å². The third-order valence-corrected chi connectivity index (χ3v) is 3.18. The average Bonchev–Trinajstić information content (AvgIpc) is 2.79. The van der Waals surface area contributed by atoms with Gasteiger partial charge in [-0.3, -0.25) is 0 Å². The summed E-state index contributed by atoms with van der Waals surface area (Å²) < 4.78 is 7.21. The van der Waals surface area contributed by atoms with Crippen LogP contribution in [0.4, 0.5) is 11.6 Å². The van der Waals surface area contributed by atoms with Gasteiger partial charge in [-0.2, -0.15) is 0 Å². The third kappa shape index (κ3) is 3.84. The van der Waals surface area contributed by atoms with Crippen LogP contribution in [0.25, 0.3) is 0 Å². The molecule has 0 fully saturated rings. The van der Waals surface area contributed by atoms with Crippen molar-refractivity contribution in [3.63, 3.8) is 0 Å². The molecule has 0 spiro atoms. The lowest BCUT2D eigenvalue weighted by Crippen LogP contribution is -2.07. The topological polar surface area (TPSA) is 39.1 Å². The molecule has 0 saturated heterocycles. The second-order valence-electron chi connectivity index (χ2n) is 4.96. The molecule has 4 heteroatoms. The molecular formula is C16H23N3O. The minimum atomic E-state index is 0.680. The molecule has 1 N–H and O–H groups in total. The molecule has 0 aliphatic rings. The molecule has 0 amide bonds. The van der Waals surface area contributed by atoms with E-state index in [-0.39, 0.29) is 0 Å². The highest BCUT2D eigenvalue weighted by Gasteiger charge is 2.05. The molecule has 0 aliphatic heterocycles. The van der Waals surface area contributed by atoms with Crippen molar-refractivity contribution in [2.45, 2.75) is 33.2 Å². The van der Waals surface area contributed by atoms with Crippen LogP contribution < -0.4 is 5.32 Å². The molecule has 1 heterocycles. The number of nitrogens with zero attached hydrogens (tertiary/aromatic N) is 2. The van der Waals surface area contributed by atoms with E-state index < -0.39 is 0 Å². The Bertz CT molecular complexity index is 531. The summed E-state index contributed by atoms with van der Waals surface area (Å²) in [6, 6.07) is 8.55. The predicted octanol–water partition coefficient (Wildman–Crippen LogP) is 3.53. The van der Waals surface area contributed by atoms with E-state index >= 15 is 0 Å². The van der Waals surface area contributed by atoms with Crippen LogP contribution in [0.15, 0.2) is 30.5 Å². The van der Waals surface area contributed by atoms with Crippen LogP contribution in [-0.4, -0.2) is 23.3 Å². The van der Waals surface area contributed by atoms with E-state index in [2.05, 4.69) is 46.1 Å². The second kappa shape index (κ2) is 7.10. The fourth-order valence-corrected chi connectivity index (χ4v) is 2.18. The summed E-state index contributed by atoms with van der Waals surface area (Å²) in [4.78, 5) is 4.51. The summed E-state index contributed by atoms with van der Waals surface area (Å²) >= 11 is 0. The molecule has 0 bridgehead atoms. The van der Waals surface area contributed by atoms with Crippen molar-refractivity contribution in [1.29, 1.82) is 0 Å². The number of ether oxygens (including phenoxy) is 1. The Morgan fingerprint density at radius 2 is 2.00 bits per heavy atom. The van der Waals surface area contributed by atoms with Crippen molar-refractivity contribution in [3.05, 3.63) is 41.7 Å². The zero-order valence-corrected chi connectivity index (χ0v) is 12.5. The first-order chi connectivity index (χ1) is 9.72. The molecule has 20 heavy (non-hydrogen) atoms. The van der Waals surface area contributed by atoms with Gasteiger partial charge in [0.05, 0.1) is 12.3 Å². The summed E-state index contributed by atoms with van der Waals surface area (Å²) in [7, 11) is 1.71. The van der Waals surface area contributed by atoms with Gasteiger partial charge in [0.15, 0.2) is 0 Å². The fourth-order valence-electron chi connectivity index (χ4n) is 2.18. The summed E-state index contributed by atoms with van der Waals surface area (Å²) in [5.41, 5.74) is 3.44. The lowest BCUT2D eigenvalue weighted by atomic mass is 10.1. The molecule has 0 aliphatic carbocycles. The van der Waals surface area contributed by atoms with E-state index in [0.717, 1.165) is 30.3 Å². The largest absolute Gasteiger partial charge is 0.383 e. The van der Waals surface area contributed by atoms with Crippen molar-refractivity contribution in [3.8, 4) is 0 Å². The Morgan fingerprint density at radius 1 is 1.25 bits per heavy atom. The molecule has 108 valence electrons. The number of hydrogen-bond donors (Lipinski definition) is 1. The highest BCUT2D eigenvalue weighted by Crippen LogP contribution is 2.17. The van der Waals surface area contributed by atoms with Gasteiger partial charge in [0.2, 0.25) is 5.95 Å². The average molecular weight is 273 g/mol. The molecule has 0 saturated carbocycles. The summed E-state index contributed by atoms with van der Waals surface area (Å²) in [6.45, 7) is 5.67. The van der Waals surface area contributed by atoms with Gasteiger partial charge in [-0.05, 0) is 31.0 Å². The maximum atomic E-state index is 5.13. The first-order valence-electron chi connectivity index (χ1n) is 7.11. The van der Waals surface area contributed by atoms with Gasteiger partial charge < -0.3 is 14.6 Å². The molecule has 1 aromatic carbocycles. The van der Waals surface area contributed by atoms with Crippen molar-refractivity contribution >= 4 is 11.6 Å². The molecule has 0 unspecified atom stereocenters. The van der Waals surface area contributed by atoms with Crippen molar-refractivity contribution in [2.75, 3.05) is 19.0 Å². The molecular weight excluding hydrogens is 250 g/mol. The number of methoxy groups -OCH3 is 1. The molecule has 1 aromatic heterocycles. The minimum absolute atomic E-state index is 0.680. The second-order valence-corrected chi connectivity index (χ2v) is 4.96. The van der Waals surface area contributed by atoms with E-state index in [9.17, 15) is 0 Å². The normalized spacial score (nSPS) is 10.8. The van der Waals surface area contributed by atoms with Crippen LogP contribution in [0.2, 0.25) is 0 Å². The maximum Gasteiger partial charge on any atom is 0.207 e. The summed E-state index contributed by atoms with van der Waals surface area (Å²) in [5.74, 6) is 0.864. The monoisotopic (exact) mass is 273 g/mol. The first kappa shape index (κ1) is 14.6. The van der Waals surface area contributed by atoms with Crippen LogP contribution in [0.1, 0.15) is 24.6 Å². The van der Waals surface area contributed by atoms with Crippen LogP contribution >= 0.6 is 0 Å². The number of nitrogens with one attached hydrogen (secondary N) is 1. The Hall–Kier alpha value is -1.81. The van der Waals surface area contributed by atoms with E-state index in [4.69, 9.17) is 4.74 Å². The SMILES string of the molecule is CCCc1ccc(Nc2nc(C)cn2CCOC)cc1. The summed E-state index contributed by atoms with van der Waals surface area (Å²) in [5, 5.41) is 3.37. The van der Waals surface area contributed by atoms with Crippen LogP contribution in [0, 0.1) is 6.92 Å². The molecule has 2 rings (SSSR count). The third-order valence-electron chi connectivity index (χ3n) is 3.18. The maximum absolute atomic E-state index is 5.13. The molecule has 0 atom stereocenters. The Labute approximate surface area is 120 Å². The van der Waals surface area contributed by atoms with Gasteiger partial charge in [-0.15, -0.1) is 0 Å². The molecule has 2 aromatic rings. The van der Waals surface area contributed by atoms with Gasteiger partial charge in [-0.1, -0.05) is 25.5 Å². The zero-order chi connectivity index (χ0) is 14.4. The highest BCUT2D eigenvalue weighted by molar-refractivity contribution is 5.54. The standard InChI is InChI=1S/C16H23N3O/c1-4-5-14-6-8-15(9-7-14)18-16-17-13(2)12-19(16)10-11-20-3/h6-9,12H,4-5,10-11H2,1-3H3,(H,17,18). The van der Waals surface area contributed by atoms with Crippen LogP contribution in [0.5, 0.6) is 0 Å². The highest BCUT2D eigenvalue weighted by atomic mass is 16.5.